The highest BCUT2D eigenvalue weighted by Crippen LogP contribution is 2.38. The number of rotatable bonds is 5. The maximum absolute atomic E-state index is 12.6. The van der Waals surface area contributed by atoms with Crippen LogP contribution in [0.4, 0.5) is 25.0 Å². The first-order chi connectivity index (χ1) is 13.6. The number of carbonyl (C=O) groups excluding carboxylic acids is 2. The van der Waals surface area contributed by atoms with E-state index in [1.165, 1.54) is 24.2 Å². The van der Waals surface area contributed by atoms with Crippen LogP contribution in [0, 0.1) is 0 Å². The molecule has 1 aliphatic heterocycles. The molecule has 0 aliphatic carbocycles. The van der Waals surface area contributed by atoms with E-state index >= 15 is 0 Å². The van der Waals surface area contributed by atoms with Gasteiger partial charge in [0.05, 0.1) is 30.1 Å². The number of alkyl halides is 2. The summed E-state index contributed by atoms with van der Waals surface area (Å²) in [4.78, 5) is 31.6. The average Bonchev–Trinajstić information content (AvgIpc) is 2.63. The maximum atomic E-state index is 12.6. The molecule has 2 rings (SSSR count). The quantitative estimate of drug-likeness (QED) is 0.756. The summed E-state index contributed by atoms with van der Waals surface area (Å²) in [6, 6.07) is 4.82. The van der Waals surface area contributed by atoms with Crippen LogP contribution in [0.25, 0.3) is 5.57 Å². The summed E-state index contributed by atoms with van der Waals surface area (Å²) in [6.45, 7) is 6.42. The summed E-state index contributed by atoms with van der Waals surface area (Å²) in [7, 11) is 0. The van der Waals surface area contributed by atoms with E-state index in [0.29, 0.717) is 22.5 Å². The highest BCUT2D eigenvalue weighted by atomic mass is 19.3. The molecule has 0 aromatic heterocycles. The lowest BCUT2D eigenvalue weighted by Crippen LogP contribution is -2.51. The maximum Gasteiger partial charge on any atom is 0.414 e. The van der Waals surface area contributed by atoms with Gasteiger partial charge in [-0.3, -0.25) is 14.7 Å². The summed E-state index contributed by atoms with van der Waals surface area (Å²) >= 11 is 0. The summed E-state index contributed by atoms with van der Waals surface area (Å²) in [5, 5.41) is 0. The lowest BCUT2D eigenvalue weighted by molar-refractivity contribution is -0.117. The minimum absolute atomic E-state index is 0.156. The van der Waals surface area contributed by atoms with Gasteiger partial charge in [0.25, 0.3) is 6.43 Å². The van der Waals surface area contributed by atoms with Crippen LogP contribution in [0.2, 0.25) is 0 Å². The first-order valence-corrected chi connectivity index (χ1v) is 9.28. The lowest BCUT2D eigenvalue weighted by atomic mass is 10.0. The van der Waals surface area contributed by atoms with Crippen molar-refractivity contribution in [2.45, 2.75) is 46.3 Å². The Balaban J connectivity index is 2.50. The van der Waals surface area contributed by atoms with Gasteiger partial charge in [-0.2, -0.15) is 0 Å². The highest BCUT2D eigenvalue weighted by Gasteiger charge is 2.34. The third-order valence-electron chi connectivity index (χ3n) is 4.30. The number of amides is 2. The molecule has 2 amide bonds. The van der Waals surface area contributed by atoms with E-state index in [9.17, 15) is 18.4 Å². The molecule has 9 heteroatoms. The molecule has 2 N–H and O–H groups in total. The molecule has 7 nitrogen and oxygen atoms in total. The highest BCUT2D eigenvalue weighted by molar-refractivity contribution is 6.11. The monoisotopic (exact) mass is 408 g/mol. The molecule has 158 valence electrons. The Kier molecular flexibility index (Phi) is 7.30. The second kappa shape index (κ2) is 9.49. The molecule has 1 heterocycles. The van der Waals surface area contributed by atoms with Crippen molar-refractivity contribution in [3.8, 4) is 0 Å². The zero-order valence-corrected chi connectivity index (χ0v) is 16.9. The van der Waals surface area contributed by atoms with Gasteiger partial charge in [0.15, 0.2) is 0 Å². The van der Waals surface area contributed by atoms with Gasteiger partial charge in [-0.25, -0.2) is 13.6 Å². The number of nitrogens with two attached hydrogens (primary N) is 1. The Morgan fingerprint density at radius 2 is 2.03 bits per heavy atom. The van der Waals surface area contributed by atoms with Crippen molar-refractivity contribution in [3.63, 3.8) is 0 Å². The smallest absolute Gasteiger partial charge is 0.414 e. The van der Waals surface area contributed by atoms with Crippen molar-refractivity contribution in [1.29, 1.82) is 0 Å². The molecule has 0 bridgehead atoms. The van der Waals surface area contributed by atoms with Crippen LogP contribution in [0.3, 0.4) is 0 Å². The third-order valence-corrected chi connectivity index (χ3v) is 4.30. The lowest BCUT2D eigenvalue weighted by Gasteiger charge is -2.40. The fourth-order valence-corrected chi connectivity index (χ4v) is 3.17. The number of fused-ring (bicyclic) bond motifs is 1. The number of allylic oxidation sites excluding steroid dienone is 1. The van der Waals surface area contributed by atoms with E-state index < -0.39 is 19.1 Å². The zero-order valence-electron chi connectivity index (χ0n) is 16.9. The molecular weight excluding hydrogens is 382 g/mol. The summed E-state index contributed by atoms with van der Waals surface area (Å²) in [5.41, 5.74) is 7.67. The van der Waals surface area contributed by atoms with Crippen molar-refractivity contribution in [2.75, 3.05) is 22.9 Å². The number of anilines is 2. The minimum Gasteiger partial charge on any atom is -0.446 e. The molecule has 0 unspecified atom stereocenters. The van der Waals surface area contributed by atoms with E-state index in [-0.39, 0.29) is 24.6 Å². The Morgan fingerprint density at radius 1 is 1.34 bits per heavy atom. The third kappa shape index (κ3) is 5.30. The molecule has 0 saturated heterocycles. The molecule has 0 radical (unpaired) electrons. The van der Waals surface area contributed by atoms with Gasteiger partial charge < -0.3 is 15.4 Å². The van der Waals surface area contributed by atoms with Crippen LogP contribution in [-0.4, -0.2) is 49.9 Å². The number of halogens is 2. The minimum atomic E-state index is -2.55. The van der Waals surface area contributed by atoms with Crippen LogP contribution in [0.5, 0.6) is 0 Å². The number of carbonyl (C=O) groups is 2. The molecule has 1 aromatic rings. The predicted molar refractivity (Wildman–Crippen MR) is 110 cm³/mol. The number of aliphatic imine (C=N–C) groups is 1. The van der Waals surface area contributed by atoms with Gasteiger partial charge in [0.1, 0.15) is 0 Å². The number of benzene rings is 1. The molecule has 0 spiro atoms. The Hall–Kier alpha value is -2.97. The number of nitrogens with zero attached hydrogens (tertiary/aromatic N) is 3. The van der Waals surface area contributed by atoms with E-state index in [2.05, 4.69) is 4.99 Å². The summed E-state index contributed by atoms with van der Waals surface area (Å²) in [5.74, 6) is -0.156. The standard InChI is InChI=1S/C20H26F2N4O3/c1-12(2)29-20(28)25-11-13(3)26(14(4)27)17-6-5-15(7-18(17)25)16(8-23)9-24-10-19(21)22/h5-9,12-13,19H,10-11,23H2,1-4H3/t13-/m0/s1. The molecule has 0 saturated carbocycles. The molecular formula is C20H26F2N4O3. The van der Waals surface area contributed by atoms with Crippen LogP contribution in [0.1, 0.15) is 33.3 Å². The second-order valence-corrected chi connectivity index (χ2v) is 6.99. The van der Waals surface area contributed by atoms with Crippen molar-refractivity contribution >= 4 is 35.2 Å². The molecule has 0 fully saturated rings. The van der Waals surface area contributed by atoms with E-state index in [1.807, 2.05) is 6.92 Å². The van der Waals surface area contributed by atoms with E-state index in [4.69, 9.17) is 10.5 Å². The largest absolute Gasteiger partial charge is 0.446 e. The Bertz CT molecular complexity index is 824. The SMILES string of the molecule is CC(=O)N1c2ccc(C(C=NCC(F)F)=CN)cc2N(C(=O)OC(C)C)C[C@@H]1C. The molecule has 1 aromatic carbocycles. The van der Waals surface area contributed by atoms with Gasteiger partial charge in [-0.1, -0.05) is 6.07 Å². The van der Waals surface area contributed by atoms with Crippen LogP contribution >= 0.6 is 0 Å². The summed E-state index contributed by atoms with van der Waals surface area (Å²) < 4.78 is 30.1. The normalized spacial score (nSPS) is 17.2. The first kappa shape index (κ1) is 22.3. The summed E-state index contributed by atoms with van der Waals surface area (Å²) in [6.07, 6.45) is -0.879. The number of hydrogen-bond donors (Lipinski definition) is 1. The van der Waals surface area contributed by atoms with Gasteiger partial charge in [-0.15, -0.1) is 0 Å². The number of hydrogen-bond acceptors (Lipinski definition) is 5. The van der Waals surface area contributed by atoms with Gasteiger partial charge in [0.2, 0.25) is 5.91 Å². The molecule has 1 aliphatic rings. The second-order valence-electron chi connectivity index (χ2n) is 6.99. The van der Waals surface area contributed by atoms with Gasteiger partial charge >= 0.3 is 6.09 Å². The van der Waals surface area contributed by atoms with Crippen molar-refractivity contribution in [2.24, 2.45) is 10.7 Å². The van der Waals surface area contributed by atoms with Crippen LogP contribution in [0.15, 0.2) is 29.4 Å². The number of ether oxygens (including phenoxy) is 1. The van der Waals surface area contributed by atoms with E-state index in [1.54, 1.807) is 36.9 Å². The average molecular weight is 408 g/mol. The Morgan fingerprint density at radius 3 is 2.59 bits per heavy atom. The zero-order chi connectivity index (χ0) is 21.7. The topological polar surface area (TPSA) is 88.2 Å². The van der Waals surface area contributed by atoms with Crippen LogP contribution < -0.4 is 15.5 Å². The predicted octanol–water partition coefficient (Wildman–Crippen LogP) is 3.43. The molecule has 1 atom stereocenters. The van der Waals surface area contributed by atoms with Gasteiger partial charge in [-0.05, 0) is 38.5 Å². The van der Waals surface area contributed by atoms with Crippen LogP contribution in [-0.2, 0) is 9.53 Å². The van der Waals surface area contributed by atoms with E-state index in [0.717, 1.165) is 0 Å². The first-order valence-electron chi connectivity index (χ1n) is 9.28. The van der Waals surface area contributed by atoms with Gasteiger partial charge in [0, 0.05) is 31.5 Å². The Labute approximate surface area is 168 Å². The fourth-order valence-electron chi connectivity index (χ4n) is 3.17. The van der Waals surface area contributed by atoms with Crippen molar-refractivity contribution < 1.29 is 23.1 Å². The van der Waals surface area contributed by atoms with Crippen molar-refractivity contribution in [1.82, 2.24) is 0 Å². The fraction of sp³-hybridized carbons (Fsp3) is 0.450. The molecule has 29 heavy (non-hydrogen) atoms. The van der Waals surface area contributed by atoms with Crippen molar-refractivity contribution in [3.05, 3.63) is 30.0 Å².